The molecule has 0 spiro atoms. The van der Waals surface area contributed by atoms with E-state index in [-0.39, 0.29) is 76.5 Å². The predicted molar refractivity (Wildman–Crippen MR) is 396 cm³/mol. The molecule has 35 nitrogen and oxygen atoms in total. The van der Waals surface area contributed by atoms with Crippen LogP contribution in [0.3, 0.4) is 0 Å². The number of fused-ring (bicyclic) bond motifs is 4. The second-order valence-corrected chi connectivity index (χ2v) is 32.6. The Morgan fingerprint density at radius 2 is 1.28 bits per heavy atom. The van der Waals surface area contributed by atoms with Gasteiger partial charge in [0.25, 0.3) is 0 Å². The molecule has 5 fully saturated rings. The van der Waals surface area contributed by atoms with E-state index in [1.165, 1.54) is 16.8 Å². The van der Waals surface area contributed by atoms with Gasteiger partial charge in [0.05, 0.1) is 19.8 Å². The van der Waals surface area contributed by atoms with Gasteiger partial charge < -0.3 is 105 Å². The highest BCUT2D eigenvalue weighted by atomic mass is 33.1. The molecule has 4 heterocycles. The highest BCUT2D eigenvalue weighted by molar-refractivity contribution is 8.77. The van der Waals surface area contributed by atoms with Crippen LogP contribution in [0.15, 0.2) is 0 Å². The van der Waals surface area contributed by atoms with E-state index in [2.05, 4.69) is 63.8 Å². The molecule has 0 bridgehead atoms. The van der Waals surface area contributed by atoms with Gasteiger partial charge in [-0.1, -0.05) is 109 Å². The van der Waals surface area contributed by atoms with Crippen LogP contribution in [0.1, 0.15) is 166 Å². The number of likely N-dealkylation sites (tertiary alicyclic amines) is 1. The van der Waals surface area contributed by atoms with Crippen LogP contribution in [0.2, 0.25) is 0 Å². The Morgan fingerprint density at radius 1 is 0.679 bits per heavy atom. The molecule has 18 atom stereocenters. The largest absolute Gasteiger partial charge is 0.480 e. The number of aliphatic hydroxyl groups excluding tert-OH is 2. The summed E-state index contributed by atoms with van der Waals surface area (Å²) >= 11 is 0. The molecule has 0 aromatic heterocycles. The second kappa shape index (κ2) is 42.2. The van der Waals surface area contributed by atoms with Gasteiger partial charge in [0.15, 0.2) is 5.96 Å². The van der Waals surface area contributed by atoms with Crippen molar-refractivity contribution in [1.29, 1.82) is 5.41 Å². The highest BCUT2D eigenvalue weighted by Gasteiger charge is 2.53. The molecule has 0 aromatic carbocycles. The van der Waals surface area contributed by atoms with Gasteiger partial charge in [-0.2, -0.15) is 0 Å². The summed E-state index contributed by atoms with van der Waals surface area (Å²) < 4.78 is -1.54. The molecule has 1 saturated carbocycles. The van der Waals surface area contributed by atoms with Crippen LogP contribution in [0.4, 0.5) is 0 Å². The van der Waals surface area contributed by atoms with Crippen LogP contribution in [-0.4, -0.2) is 267 Å². The molecule has 5 aliphatic rings. The number of nitrogens with two attached hydrogens (primary N) is 2. The van der Waals surface area contributed by atoms with Crippen molar-refractivity contribution in [2.24, 2.45) is 41.1 Å². The van der Waals surface area contributed by atoms with E-state index >= 15 is 24.0 Å². The topological polar surface area (TPSA) is 530 Å². The maximum atomic E-state index is 15.6. The Labute approximate surface area is 628 Å². The molecular formula is C69H118N18O17S2. The van der Waals surface area contributed by atoms with Gasteiger partial charge in [0.1, 0.15) is 78.5 Å². The van der Waals surface area contributed by atoms with Crippen LogP contribution in [0.5, 0.6) is 0 Å². The lowest BCUT2D eigenvalue weighted by atomic mass is 9.84. The Morgan fingerprint density at radius 3 is 1.89 bits per heavy atom. The third kappa shape index (κ3) is 24.5. The van der Waals surface area contributed by atoms with E-state index in [4.69, 9.17) is 16.9 Å². The zero-order chi connectivity index (χ0) is 79.0. The normalized spacial score (nSPS) is 27.9. The zero-order valence-corrected chi connectivity index (χ0v) is 64.7. The lowest BCUT2D eigenvalue weighted by Gasteiger charge is -2.39. The number of nitrogens with zero attached hydrogens (tertiary/aromatic N) is 3. The number of carbonyl (C=O) groups is 14. The SMILES string of the molecule is CC[C@H](C)[C@H](NC(=O)CNC)C(=O)N[C@H]1CSSC(C)(C)[C@@H](C(=O)N[C@H](C(=O)N2CCC[C@H]2C(=O)NC[C@H](N)C(=O)O)[C@@H](C)CC)NC(=O)[C@H]([C@@H](C)CC)NC(=O)[C@@H]2C[C@@H]3CCCC[C@@H]3N2C(=O)[C@@H]2CCCN2C(=O)[C@H](CC(C)C)NC(=O)[C@H](CO)NC(=O)[C@H](CCCNC(=N)N)NC(=O)[C@H](CO)NC1=O. The maximum Gasteiger partial charge on any atom is 0.322 e. The molecule has 0 unspecified atom stereocenters. The first-order valence-electron chi connectivity index (χ1n) is 37.3. The number of rotatable bonds is 26. The Hall–Kier alpha value is -7.61. The summed E-state index contributed by atoms with van der Waals surface area (Å²) in [5.74, 6) is -15.0. The van der Waals surface area contributed by atoms with Gasteiger partial charge in [-0.05, 0) is 115 Å². The lowest BCUT2D eigenvalue weighted by Crippen LogP contribution is -2.64. The first-order valence-corrected chi connectivity index (χ1v) is 39.6. The third-order valence-corrected chi connectivity index (χ3v) is 24.1. The smallest absolute Gasteiger partial charge is 0.322 e. The highest BCUT2D eigenvalue weighted by Crippen LogP contribution is 2.42. The summed E-state index contributed by atoms with van der Waals surface area (Å²) in [7, 11) is 3.37. The molecule has 20 N–H and O–H groups in total. The molecule has 4 saturated heterocycles. The van der Waals surface area contributed by atoms with E-state index in [1.54, 1.807) is 74.1 Å². The Balaban J connectivity index is 1.69. The van der Waals surface area contributed by atoms with E-state index < -0.39 is 221 Å². The number of guanidine groups is 1. The zero-order valence-electron chi connectivity index (χ0n) is 63.1. The maximum absolute atomic E-state index is 15.6. The molecule has 37 heteroatoms. The number of amides is 13. The van der Waals surface area contributed by atoms with Crippen molar-refractivity contribution in [3.8, 4) is 0 Å². The number of carbonyl (C=O) groups excluding carboxylic acids is 13. The molecule has 5 rings (SSSR count). The minimum absolute atomic E-state index is 0.00268. The standard InChI is InChI=1S/C69H118N18O17S2/c1-12-36(6)51(81-50(90)31-73-11)61(97)80-45-34-105-106-69(9,10)54(63(99)83-53(38(8)14-3)66(102)85-26-18-23-47(85)59(95)75-30-40(70)67(103)104)84-62(98)52(37(7)13-2)82-60(96)49-29-39-20-15-16-22-46(39)87(49)65(101)48-24-19-27-86(48)64(100)42(28-35(4)5)77-57(93)44(33-89)78-55(91)41(21-17-25-74-68(71)72)76-56(92)43(32-88)79-58(45)94/h35-49,51-54,73,88-89H,12-34,70H2,1-11H3,(H,75,95)(H,76,92)(H,77,93)(H,78,91)(H,79,94)(H,80,97)(H,81,90)(H,82,96)(H,83,99)(H,84,98)(H,103,104)(H4,71,72,74)/t36-,37-,38-,39-,40-,41-,42-,43-,44-,45-,46-,47-,48-,49-,51-,52-,53-,54+/m0/s1. The summed E-state index contributed by atoms with van der Waals surface area (Å²) in [5.41, 5.74) is 11.2. The fourth-order valence-corrected chi connectivity index (χ4v) is 16.8. The molecule has 13 amide bonds. The van der Waals surface area contributed by atoms with Gasteiger partial charge in [-0.3, -0.25) is 72.5 Å². The number of hydrogen-bond acceptors (Lipinski definition) is 21. The number of aliphatic hydroxyl groups is 2. The van der Waals surface area contributed by atoms with Gasteiger partial charge in [-0.25, -0.2) is 0 Å². The number of likely N-dealkylation sites (N-methyl/N-ethyl adjacent to an activating group) is 1. The van der Waals surface area contributed by atoms with E-state index in [1.807, 2.05) is 0 Å². The van der Waals surface area contributed by atoms with Crippen LogP contribution < -0.4 is 75.3 Å². The molecular weight excluding hydrogens is 1420 g/mol. The van der Waals surface area contributed by atoms with Crippen molar-refractivity contribution in [3.05, 3.63) is 0 Å². The Bertz CT molecular complexity index is 3120. The molecule has 4 aliphatic heterocycles. The molecule has 106 heavy (non-hydrogen) atoms. The summed E-state index contributed by atoms with van der Waals surface area (Å²) in [6.45, 7) is 14.6. The van der Waals surface area contributed by atoms with Crippen molar-refractivity contribution in [3.63, 3.8) is 0 Å². The van der Waals surface area contributed by atoms with Crippen LogP contribution in [0.25, 0.3) is 0 Å². The van der Waals surface area contributed by atoms with Gasteiger partial charge in [-0.15, -0.1) is 0 Å². The number of hydrogen-bond donors (Lipinski definition) is 18. The van der Waals surface area contributed by atoms with Crippen molar-refractivity contribution in [2.45, 2.75) is 255 Å². The average molecular weight is 1540 g/mol. The number of nitrogens with one attached hydrogen (secondary N) is 13. The van der Waals surface area contributed by atoms with E-state index in [0.717, 1.165) is 34.4 Å². The van der Waals surface area contributed by atoms with Crippen LogP contribution in [0, 0.1) is 35.0 Å². The van der Waals surface area contributed by atoms with Gasteiger partial charge in [0.2, 0.25) is 76.8 Å². The number of carboxylic acid groups (broad SMARTS) is 1. The number of aliphatic carboxylic acids is 1. The van der Waals surface area contributed by atoms with Crippen molar-refractivity contribution in [2.75, 3.05) is 58.7 Å². The van der Waals surface area contributed by atoms with E-state index in [9.17, 15) is 58.5 Å². The summed E-state index contributed by atoms with van der Waals surface area (Å²) in [6, 6.07) is -19.1. The van der Waals surface area contributed by atoms with Crippen molar-refractivity contribution < 1.29 is 82.4 Å². The summed E-state index contributed by atoms with van der Waals surface area (Å²) in [5, 5.41) is 70.8. The van der Waals surface area contributed by atoms with Crippen molar-refractivity contribution in [1.82, 2.24) is 78.5 Å². The monoisotopic (exact) mass is 1530 g/mol. The first-order chi connectivity index (χ1) is 50.1. The Kier molecular flexibility index (Phi) is 35.5. The van der Waals surface area contributed by atoms with Gasteiger partial charge in [0, 0.05) is 42.7 Å². The molecule has 1 aliphatic carbocycles. The minimum atomic E-state index is -1.88. The van der Waals surface area contributed by atoms with E-state index in [0.29, 0.717) is 44.9 Å². The quantitative estimate of drug-likeness (QED) is 0.0176. The summed E-state index contributed by atoms with van der Waals surface area (Å²) in [6.07, 6.45) is 4.91. The lowest BCUT2D eigenvalue weighted by molar-refractivity contribution is -0.150. The summed E-state index contributed by atoms with van der Waals surface area (Å²) in [4.78, 5) is 207. The van der Waals surface area contributed by atoms with Crippen LogP contribution in [-0.2, 0) is 67.1 Å². The van der Waals surface area contributed by atoms with Crippen LogP contribution >= 0.6 is 21.6 Å². The fraction of sp³-hybridized carbons (Fsp3) is 0.783. The molecule has 0 aromatic rings. The predicted octanol–water partition coefficient (Wildman–Crippen LogP) is -3.16. The second-order valence-electron chi connectivity index (χ2n) is 29.6. The van der Waals surface area contributed by atoms with Crippen molar-refractivity contribution >= 4 is 110 Å². The average Bonchev–Trinajstić information content (AvgIpc) is 1.60. The minimum Gasteiger partial charge on any atom is -0.480 e. The number of carboxylic acids is 1. The molecule has 0 radical (unpaired) electrons. The van der Waals surface area contributed by atoms with Gasteiger partial charge >= 0.3 is 5.97 Å². The first kappa shape index (κ1) is 89.0. The molecule has 598 valence electrons. The fourth-order valence-electron chi connectivity index (χ4n) is 14.0. The third-order valence-electron chi connectivity index (χ3n) is 20.8.